The highest BCUT2D eigenvalue weighted by atomic mass is 19.1. The van der Waals surface area contributed by atoms with Gasteiger partial charge in [0.05, 0.1) is 5.69 Å². The average molecular weight is 241 g/mol. The fourth-order valence-electron chi connectivity index (χ4n) is 1.45. The van der Waals surface area contributed by atoms with E-state index in [0.29, 0.717) is 6.42 Å². The SMILES string of the molecule is CCC(C)N(CC(=O)O)c1ncnc(C)c1F. The second kappa shape index (κ2) is 5.56. The van der Waals surface area contributed by atoms with Crippen molar-refractivity contribution in [2.75, 3.05) is 11.4 Å². The summed E-state index contributed by atoms with van der Waals surface area (Å²) in [6, 6.07) is -0.102. The number of hydrogen-bond donors (Lipinski definition) is 1. The molecule has 0 radical (unpaired) electrons. The molecule has 0 saturated heterocycles. The summed E-state index contributed by atoms with van der Waals surface area (Å²) in [6.07, 6.45) is 1.95. The van der Waals surface area contributed by atoms with Crippen LogP contribution in [-0.4, -0.2) is 33.6 Å². The Bertz CT molecular complexity index is 412. The van der Waals surface area contributed by atoms with Gasteiger partial charge in [-0.15, -0.1) is 0 Å². The number of nitrogens with zero attached hydrogens (tertiary/aromatic N) is 3. The molecule has 0 aromatic carbocycles. The minimum Gasteiger partial charge on any atom is -0.480 e. The van der Waals surface area contributed by atoms with Crippen LogP contribution in [0.1, 0.15) is 26.0 Å². The van der Waals surface area contributed by atoms with Gasteiger partial charge in [-0.25, -0.2) is 14.4 Å². The summed E-state index contributed by atoms with van der Waals surface area (Å²) in [5.41, 5.74) is 0.216. The molecule has 1 aromatic rings. The number of aryl methyl sites for hydroxylation is 1. The first-order valence-corrected chi connectivity index (χ1v) is 5.42. The standard InChI is InChI=1S/C11H16FN3O2/c1-4-7(2)15(5-9(16)17)11-10(12)8(3)13-6-14-11/h6-7H,4-5H2,1-3H3,(H,16,17). The summed E-state index contributed by atoms with van der Waals surface area (Å²) in [4.78, 5) is 19.8. The van der Waals surface area contributed by atoms with Gasteiger partial charge in [0.25, 0.3) is 0 Å². The molecule has 0 spiro atoms. The Morgan fingerprint density at radius 1 is 1.59 bits per heavy atom. The molecule has 1 unspecified atom stereocenters. The zero-order valence-corrected chi connectivity index (χ0v) is 10.1. The summed E-state index contributed by atoms with van der Waals surface area (Å²) >= 11 is 0. The van der Waals surface area contributed by atoms with Gasteiger partial charge in [-0.1, -0.05) is 6.92 Å². The largest absolute Gasteiger partial charge is 0.480 e. The molecule has 0 fully saturated rings. The predicted molar refractivity (Wildman–Crippen MR) is 61.5 cm³/mol. The Morgan fingerprint density at radius 2 is 2.24 bits per heavy atom. The van der Waals surface area contributed by atoms with E-state index < -0.39 is 11.8 Å². The second-order valence-electron chi connectivity index (χ2n) is 3.88. The lowest BCUT2D eigenvalue weighted by Crippen LogP contribution is -2.38. The van der Waals surface area contributed by atoms with E-state index in [-0.39, 0.29) is 24.1 Å². The van der Waals surface area contributed by atoms with E-state index in [1.165, 1.54) is 18.2 Å². The maximum atomic E-state index is 13.8. The van der Waals surface area contributed by atoms with Crippen LogP contribution < -0.4 is 4.90 Å². The highest BCUT2D eigenvalue weighted by Gasteiger charge is 2.21. The van der Waals surface area contributed by atoms with Crippen molar-refractivity contribution in [3.8, 4) is 0 Å². The molecule has 94 valence electrons. The minimum absolute atomic E-state index is 0.0502. The molecule has 5 nitrogen and oxygen atoms in total. The first-order chi connectivity index (χ1) is 7.97. The highest BCUT2D eigenvalue weighted by molar-refractivity contribution is 5.73. The van der Waals surface area contributed by atoms with Crippen molar-refractivity contribution in [3.63, 3.8) is 0 Å². The van der Waals surface area contributed by atoms with Crippen molar-refractivity contribution >= 4 is 11.8 Å². The lowest BCUT2D eigenvalue weighted by Gasteiger charge is -2.28. The Kier molecular flexibility index (Phi) is 4.37. The van der Waals surface area contributed by atoms with E-state index in [4.69, 9.17) is 5.11 Å². The van der Waals surface area contributed by atoms with Gasteiger partial charge in [0.1, 0.15) is 12.9 Å². The van der Waals surface area contributed by atoms with Gasteiger partial charge in [0.15, 0.2) is 11.6 Å². The summed E-state index contributed by atoms with van der Waals surface area (Å²) in [6.45, 7) is 4.99. The summed E-state index contributed by atoms with van der Waals surface area (Å²) in [7, 11) is 0. The monoisotopic (exact) mass is 241 g/mol. The van der Waals surface area contributed by atoms with Crippen LogP contribution >= 0.6 is 0 Å². The number of halogens is 1. The molecule has 6 heteroatoms. The molecule has 0 bridgehead atoms. The summed E-state index contributed by atoms with van der Waals surface area (Å²) in [5.74, 6) is -1.52. The highest BCUT2D eigenvalue weighted by Crippen LogP contribution is 2.20. The summed E-state index contributed by atoms with van der Waals surface area (Å²) in [5, 5.41) is 8.84. The fourth-order valence-corrected chi connectivity index (χ4v) is 1.45. The number of aromatic nitrogens is 2. The van der Waals surface area contributed by atoms with Gasteiger partial charge in [-0.05, 0) is 20.3 Å². The Balaban J connectivity index is 3.12. The number of carboxylic acid groups (broad SMARTS) is 1. The smallest absolute Gasteiger partial charge is 0.323 e. The lowest BCUT2D eigenvalue weighted by molar-refractivity contribution is -0.135. The van der Waals surface area contributed by atoms with E-state index in [9.17, 15) is 9.18 Å². The molecule has 1 rings (SSSR count). The van der Waals surface area contributed by atoms with Gasteiger partial charge >= 0.3 is 5.97 Å². The number of carboxylic acids is 1. The zero-order valence-electron chi connectivity index (χ0n) is 10.1. The molecule has 1 atom stereocenters. The fraction of sp³-hybridized carbons (Fsp3) is 0.545. The molecule has 17 heavy (non-hydrogen) atoms. The maximum absolute atomic E-state index is 13.8. The van der Waals surface area contributed by atoms with E-state index >= 15 is 0 Å². The number of rotatable bonds is 5. The number of carbonyl (C=O) groups is 1. The molecular weight excluding hydrogens is 225 g/mol. The third kappa shape index (κ3) is 3.12. The Labute approximate surface area is 99.3 Å². The zero-order chi connectivity index (χ0) is 13.0. The van der Waals surface area contributed by atoms with Crippen LogP contribution in [0.15, 0.2) is 6.33 Å². The van der Waals surface area contributed by atoms with Crippen molar-refractivity contribution < 1.29 is 14.3 Å². The molecule has 1 N–H and O–H groups in total. The van der Waals surface area contributed by atoms with Gasteiger partial charge in [-0.2, -0.15) is 0 Å². The van der Waals surface area contributed by atoms with Crippen LogP contribution in [0.2, 0.25) is 0 Å². The molecule has 0 aliphatic carbocycles. The Morgan fingerprint density at radius 3 is 2.76 bits per heavy atom. The van der Waals surface area contributed by atoms with Crippen molar-refractivity contribution in [1.82, 2.24) is 9.97 Å². The topological polar surface area (TPSA) is 66.3 Å². The molecule has 0 saturated carbocycles. The molecule has 0 aliphatic heterocycles. The Hall–Kier alpha value is -1.72. The van der Waals surface area contributed by atoms with Crippen LogP contribution in [-0.2, 0) is 4.79 Å². The molecule has 1 heterocycles. The third-order valence-electron chi connectivity index (χ3n) is 2.65. The van der Waals surface area contributed by atoms with Gasteiger partial charge < -0.3 is 10.0 Å². The second-order valence-corrected chi connectivity index (χ2v) is 3.88. The molecule has 1 aromatic heterocycles. The van der Waals surface area contributed by atoms with E-state index in [1.54, 1.807) is 0 Å². The van der Waals surface area contributed by atoms with Crippen LogP contribution in [0, 0.1) is 12.7 Å². The average Bonchev–Trinajstić information content (AvgIpc) is 2.29. The van der Waals surface area contributed by atoms with Crippen molar-refractivity contribution in [2.24, 2.45) is 0 Å². The predicted octanol–water partition coefficient (Wildman–Crippen LogP) is 1.61. The van der Waals surface area contributed by atoms with Crippen LogP contribution in [0.5, 0.6) is 0 Å². The van der Waals surface area contributed by atoms with Crippen molar-refractivity contribution in [2.45, 2.75) is 33.2 Å². The van der Waals surface area contributed by atoms with E-state index in [2.05, 4.69) is 9.97 Å². The molecule has 0 aliphatic rings. The first-order valence-electron chi connectivity index (χ1n) is 5.42. The number of anilines is 1. The number of hydrogen-bond acceptors (Lipinski definition) is 4. The van der Waals surface area contributed by atoms with Crippen LogP contribution in [0.25, 0.3) is 0 Å². The molecule has 0 amide bonds. The normalized spacial score (nSPS) is 12.2. The number of aliphatic carboxylic acids is 1. The quantitative estimate of drug-likeness (QED) is 0.848. The van der Waals surface area contributed by atoms with Gasteiger partial charge in [-0.3, -0.25) is 4.79 Å². The van der Waals surface area contributed by atoms with Crippen LogP contribution in [0.4, 0.5) is 10.2 Å². The minimum atomic E-state index is -1.01. The van der Waals surface area contributed by atoms with Crippen LogP contribution in [0.3, 0.4) is 0 Å². The van der Waals surface area contributed by atoms with Gasteiger partial charge in [0, 0.05) is 6.04 Å². The van der Waals surface area contributed by atoms with Gasteiger partial charge in [0.2, 0.25) is 0 Å². The van der Waals surface area contributed by atoms with E-state index in [0.717, 1.165) is 0 Å². The van der Waals surface area contributed by atoms with Crippen molar-refractivity contribution in [1.29, 1.82) is 0 Å². The first kappa shape index (κ1) is 13.3. The summed E-state index contributed by atoms with van der Waals surface area (Å²) < 4.78 is 13.8. The van der Waals surface area contributed by atoms with E-state index in [1.807, 2.05) is 13.8 Å². The lowest BCUT2D eigenvalue weighted by atomic mass is 10.2. The third-order valence-corrected chi connectivity index (χ3v) is 2.65. The van der Waals surface area contributed by atoms with Crippen molar-refractivity contribution in [3.05, 3.63) is 17.8 Å². The maximum Gasteiger partial charge on any atom is 0.323 e. The molecular formula is C11H16FN3O2.